The molecule has 0 spiro atoms. The summed E-state index contributed by atoms with van der Waals surface area (Å²) in [5.74, 6) is 0.597. The van der Waals surface area contributed by atoms with Crippen molar-refractivity contribution in [2.24, 2.45) is 0 Å². The highest BCUT2D eigenvalue weighted by atomic mass is 16.1. The van der Waals surface area contributed by atoms with Crippen molar-refractivity contribution in [3.63, 3.8) is 0 Å². The van der Waals surface area contributed by atoms with Gasteiger partial charge in [0.15, 0.2) is 0 Å². The van der Waals surface area contributed by atoms with Gasteiger partial charge in [-0.25, -0.2) is 9.97 Å². The van der Waals surface area contributed by atoms with Crippen molar-refractivity contribution < 1.29 is 4.79 Å². The molecule has 2 N–H and O–H groups in total. The molecule has 19 heavy (non-hydrogen) atoms. The number of nitrogens with one attached hydrogen (secondary N) is 2. The van der Waals surface area contributed by atoms with Crippen molar-refractivity contribution in [3.8, 4) is 0 Å². The van der Waals surface area contributed by atoms with E-state index >= 15 is 0 Å². The van der Waals surface area contributed by atoms with Crippen LogP contribution < -0.4 is 10.6 Å². The standard InChI is InChI=1S/C14H22N4O/c1-10(2)17-13-8-12(15-9-16-13)14(19)18-11-6-4-3-5-7-11/h8-11H,3-7H2,1-2H3,(H,18,19)(H,15,16,17). The lowest BCUT2D eigenvalue weighted by molar-refractivity contribution is 0.0922. The molecule has 2 rings (SSSR count). The zero-order valence-electron chi connectivity index (χ0n) is 11.6. The third kappa shape index (κ3) is 4.19. The number of nitrogens with zero attached hydrogens (tertiary/aromatic N) is 2. The van der Waals surface area contributed by atoms with Crippen molar-refractivity contribution in [2.45, 2.75) is 58.0 Å². The van der Waals surface area contributed by atoms with Gasteiger partial charge in [0.2, 0.25) is 0 Å². The highest BCUT2D eigenvalue weighted by Gasteiger charge is 2.17. The molecule has 1 saturated carbocycles. The molecule has 0 aromatic carbocycles. The van der Waals surface area contributed by atoms with Gasteiger partial charge in [-0.3, -0.25) is 4.79 Å². The Hall–Kier alpha value is -1.65. The van der Waals surface area contributed by atoms with Crippen LogP contribution in [0.3, 0.4) is 0 Å². The fourth-order valence-electron chi connectivity index (χ4n) is 2.36. The Bertz CT molecular complexity index is 427. The molecule has 1 aromatic rings. The van der Waals surface area contributed by atoms with Crippen LogP contribution in [0.2, 0.25) is 0 Å². The molecular formula is C14H22N4O. The van der Waals surface area contributed by atoms with Gasteiger partial charge in [0.05, 0.1) is 0 Å². The zero-order valence-corrected chi connectivity index (χ0v) is 11.6. The highest BCUT2D eigenvalue weighted by Crippen LogP contribution is 2.17. The maximum Gasteiger partial charge on any atom is 0.270 e. The van der Waals surface area contributed by atoms with E-state index in [1.165, 1.54) is 25.6 Å². The summed E-state index contributed by atoms with van der Waals surface area (Å²) in [5, 5.41) is 6.23. The van der Waals surface area contributed by atoms with E-state index in [0.717, 1.165) is 12.8 Å². The van der Waals surface area contributed by atoms with Gasteiger partial charge in [-0.2, -0.15) is 0 Å². The van der Waals surface area contributed by atoms with Gasteiger partial charge in [0, 0.05) is 18.2 Å². The maximum atomic E-state index is 12.1. The molecule has 0 saturated heterocycles. The Morgan fingerprint density at radius 1 is 1.26 bits per heavy atom. The number of aromatic nitrogens is 2. The Morgan fingerprint density at radius 3 is 2.68 bits per heavy atom. The molecule has 0 bridgehead atoms. The average molecular weight is 262 g/mol. The van der Waals surface area contributed by atoms with Crippen molar-refractivity contribution >= 4 is 11.7 Å². The summed E-state index contributed by atoms with van der Waals surface area (Å²) in [4.78, 5) is 20.3. The Balaban J connectivity index is 1.97. The molecule has 0 atom stereocenters. The summed E-state index contributed by atoms with van der Waals surface area (Å²) >= 11 is 0. The lowest BCUT2D eigenvalue weighted by atomic mass is 9.95. The van der Waals surface area contributed by atoms with Gasteiger partial charge in [-0.05, 0) is 26.7 Å². The molecule has 1 aliphatic carbocycles. The number of carbonyl (C=O) groups is 1. The lowest BCUT2D eigenvalue weighted by Crippen LogP contribution is -2.36. The third-order valence-corrected chi connectivity index (χ3v) is 3.28. The average Bonchev–Trinajstić information content (AvgIpc) is 2.39. The van der Waals surface area contributed by atoms with E-state index in [2.05, 4.69) is 20.6 Å². The first-order chi connectivity index (χ1) is 9.15. The number of hydrogen-bond acceptors (Lipinski definition) is 4. The second-order valence-corrected chi connectivity index (χ2v) is 5.40. The van der Waals surface area contributed by atoms with Gasteiger partial charge < -0.3 is 10.6 Å². The SMILES string of the molecule is CC(C)Nc1cc(C(=O)NC2CCCCC2)ncn1. The van der Waals surface area contributed by atoms with Crippen LogP contribution in [0.25, 0.3) is 0 Å². The Morgan fingerprint density at radius 2 is 2.00 bits per heavy atom. The van der Waals surface area contributed by atoms with Gasteiger partial charge in [0.1, 0.15) is 17.8 Å². The van der Waals surface area contributed by atoms with Crippen molar-refractivity contribution in [3.05, 3.63) is 18.1 Å². The van der Waals surface area contributed by atoms with E-state index in [0.29, 0.717) is 17.6 Å². The molecule has 0 unspecified atom stereocenters. The van der Waals surface area contributed by atoms with Crippen molar-refractivity contribution in [1.29, 1.82) is 0 Å². The van der Waals surface area contributed by atoms with Crippen molar-refractivity contribution in [2.75, 3.05) is 5.32 Å². The fraction of sp³-hybridized carbons (Fsp3) is 0.643. The number of hydrogen-bond donors (Lipinski definition) is 2. The minimum atomic E-state index is -0.0962. The molecule has 1 fully saturated rings. The minimum Gasteiger partial charge on any atom is -0.368 e. The van der Waals surface area contributed by atoms with Crippen LogP contribution >= 0.6 is 0 Å². The summed E-state index contributed by atoms with van der Waals surface area (Å²) in [6, 6.07) is 2.29. The van der Waals surface area contributed by atoms with Crippen LogP contribution in [0.4, 0.5) is 5.82 Å². The van der Waals surface area contributed by atoms with Crippen molar-refractivity contribution in [1.82, 2.24) is 15.3 Å². The summed E-state index contributed by atoms with van der Waals surface area (Å²) in [6.45, 7) is 4.06. The molecule has 1 heterocycles. The van der Waals surface area contributed by atoms with Crippen LogP contribution in [-0.2, 0) is 0 Å². The van der Waals surface area contributed by atoms with Crippen LogP contribution in [-0.4, -0.2) is 28.0 Å². The molecule has 5 heteroatoms. The van der Waals surface area contributed by atoms with E-state index < -0.39 is 0 Å². The van der Waals surface area contributed by atoms with E-state index in [-0.39, 0.29) is 11.9 Å². The smallest absolute Gasteiger partial charge is 0.270 e. The normalized spacial score (nSPS) is 16.4. The largest absolute Gasteiger partial charge is 0.368 e. The molecule has 0 aliphatic heterocycles. The first-order valence-corrected chi connectivity index (χ1v) is 7.04. The van der Waals surface area contributed by atoms with E-state index in [9.17, 15) is 4.79 Å². The maximum absolute atomic E-state index is 12.1. The summed E-state index contributed by atoms with van der Waals surface area (Å²) in [7, 11) is 0. The van der Waals surface area contributed by atoms with E-state index in [1.54, 1.807) is 6.07 Å². The van der Waals surface area contributed by atoms with Crippen LogP contribution in [0, 0.1) is 0 Å². The number of amides is 1. The molecular weight excluding hydrogens is 240 g/mol. The van der Waals surface area contributed by atoms with Gasteiger partial charge in [-0.15, -0.1) is 0 Å². The fourth-order valence-corrected chi connectivity index (χ4v) is 2.36. The third-order valence-electron chi connectivity index (χ3n) is 3.28. The predicted octanol–water partition coefficient (Wildman–Crippen LogP) is 2.36. The summed E-state index contributed by atoms with van der Waals surface area (Å²) < 4.78 is 0. The highest BCUT2D eigenvalue weighted by molar-refractivity contribution is 5.93. The second kappa shape index (κ2) is 6.50. The zero-order chi connectivity index (χ0) is 13.7. The van der Waals surface area contributed by atoms with Gasteiger partial charge in [-0.1, -0.05) is 19.3 Å². The molecule has 5 nitrogen and oxygen atoms in total. The first kappa shape index (κ1) is 13.8. The molecule has 1 aliphatic rings. The van der Waals surface area contributed by atoms with Gasteiger partial charge in [0.25, 0.3) is 5.91 Å². The topological polar surface area (TPSA) is 66.9 Å². The second-order valence-electron chi connectivity index (χ2n) is 5.40. The minimum absolute atomic E-state index is 0.0962. The van der Waals surface area contributed by atoms with Crippen LogP contribution in [0.5, 0.6) is 0 Å². The first-order valence-electron chi connectivity index (χ1n) is 7.04. The quantitative estimate of drug-likeness (QED) is 0.874. The Kier molecular flexibility index (Phi) is 4.71. The number of carbonyl (C=O) groups excluding carboxylic acids is 1. The molecule has 0 radical (unpaired) electrons. The number of rotatable bonds is 4. The van der Waals surface area contributed by atoms with E-state index in [1.807, 2.05) is 13.8 Å². The van der Waals surface area contributed by atoms with Crippen LogP contribution in [0.1, 0.15) is 56.4 Å². The summed E-state index contributed by atoms with van der Waals surface area (Å²) in [6.07, 6.45) is 7.27. The lowest BCUT2D eigenvalue weighted by Gasteiger charge is -2.22. The van der Waals surface area contributed by atoms with Crippen LogP contribution in [0.15, 0.2) is 12.4 Å². The van der Waals surface area contributed by atoms with E-state index in [4.69, 9.17) is 0 Å². The van der Waals surface area contributed by atoms with Gasteiger partial charge >= 0.3 is 0 Å². The number of anilines is 1. The Labute approximate surface area is 114 Å². The summed E-state index contributed by atoms with van der Waals surface area (Å²) in [5.41, 5.74) is 0.434. The molecule has 104 valence electrons. The monoisotopic (exact) mass is 262 g/mol. The molecule has 1 aromatic heterocycles. The predicted molar refractivity (Wildman–Crippen MR) is 75.1 cm³/mol. The molecule has 1 amide bonds.